The molecule has 3 rings (SSSR count). The van der Waals surface area contributed by atoms with Crippen LogP contribution in [0.1, 0.15) is 27.7 Å². The Morgan fingerprint density at radius 2 is 0.632 bits per heavy atom. The van der Waals surface area contributed by atoms with Crippen molar-refractivity contribution in [3.63, 3.8) is 0 Å². The summed E-state index contributed by atoms with van der Waals surface area (Å²) in [6.07, 6.45) is 0. The van der Waals surface area contributed by atoms with Crippen molar-refractivity contribution in [3.8, 4) is 23.0 Å². The number of rotatable bonds is 8. The highest BCUT2D eigenvalue weighted by Gasteiger charge is 2.20. The minimum Gasteiger partial charge on any atom is -0.423 e. The average Bonchev–Trinajstić information content (AvgIpc) is 2.85. The van der Waals surface area contributed by atoms with Gasteiger partial charge in [-0.1, -0.05) is 26.3 Å². The smallest absolute Gasteiger partial charge is 0.338 e. The zero-order chi connectivity index (χ0) is 28.3. The van der Waals surface area contributed by atoms with Gasteiger partial charge in [-0.05, 0) is 64.1 Å². The van der Waals surface area contributed by atoms with E-state index in [0.29, 0.717) is 21.5 Å². The normalized spacial score (nSPS) is 10.4. The molecule has 38 heavy (non-hydrogen) atoms. The molecule has 0 aliphatic rings. The minimum atomic E-state index is -0.670. The molecule has 194 valence electrons. The summed E-state index contributed by atoms with van der Waals surface area (Å²) in [5, 5.41) is 1.37. The van der Waals surface area contributed by atoms with Crippen LogP contribution in [0.3, 0.4) is 0 Å². The number of carbonyl (C=O) groups excluding carboxylic acids is 4. The largest absolute Gasteiger partial charge is 0.423 e. The van der Waals surface area contributed by atoms with Crippen LogP contribution in [0, 0.1) is 0 Å². The van der Waals surface area contributed by atoms with E-state index >= 15 is 0 Å². The van der Waals surface area contributed by atoms with Crippen LogP contribution >= 0.6 is 0 Å². The molecule has 0 aliphatic carbocycles. The van der Waals surface area contributed by atoms with Gasteiger partial charge in [0.1, 0.15) is 23.0 Å². The van der Waals surface area contributed by atoms with Crippen LogP contribution in [0.25, 0.3) is 21.5 Å². The molecule has 0 amide bonds. The third-order valence-corrected chi connectivity index (χ3v) is 5.20. The highest BCUT2D eigenvalue weighted by Crippen LogP contribution is 2.42. The summed E-state index contributed by atoms with van der Waals surface area (Å²) >= 11 is 0. The van der Waals surface area contributed by atoms with E-state index in [1.54, 1.807) is 12.1 Å². The first kappa shape index (κ1) is 27.6. The van der Waals surface area contributed by atoms with E-state index in [1.165, 1.54) is 52.0 Å². The fourth-order valence-corrected chi connectivity index (χ4v) is 3.18. The molecule has 0 unspecified atom stereocenters. The van der Waals surface area contributed by atoms with E-state index < -0.39 is 23.9 Å². The summed E-state index contributed by atoms with van der Waals surface area (Å²) in [5.74, 6) is -2.16. The summed E-state index contributed by atoms with van der Waals surface area (Å²) in [4.78, 5) is 49.3. The quantitative estimate of drug-likeness (QED) is 0.158. The number of benzene rings is 3. The Hall–Kier alpha value is -4.98. The predicted molar refractivity (Wildman–Crippen MR) is 143 cm³/mol. The van der Waals surface area contributed by atoms with Crippen LogP contribution in [-0.2, 0) is 19.2 Å². The lowest BCUT2D eigenvalue weighted by Crippen LogP contribution is -2.11. The molecule has 0 fully saturated rings. The van der Waals surface area contributed by atoms with Crippen LogP contribution in [0.5, 0.6) is 23.0 Å². The van der Waals surface area contributed by atoms with Gasteiger partial charge >= 0.3 is 23.9 Å². The Morgan fingerprint density at radius 3 is 0.789 bits per heavy atom. The molecule has 0 radical (unpaired) electrons. The molecule has 0 heterocycles. The van der Waals surface area contributed by atoms with Gasteiger partial charge in [0.25, 0.3) is 0 Å². The van der Waals surface area contributed by atoms with E-state index in [9.17, 15) is 19.2 Å². The van der Waals surface area contributed by atoms with E-state index in [4.69, 9.17) is 18.9 Å². The molecule has 8 nitrogen and oxygen atoms in total. The molecular weight excluding hydrogens is 488 g/mol. The third-order valence-electron chi connectivity index (χ3n) is 5.20. The molecule has 0 saturated heterocycles. The van der Waals surface area contributed by atoms with Gasteiger partial charge in [0, 0.05) is 43.8 Å². The fraction of sp³-hybridized carbons (Fsp3) is 0.133. The number of hydrogen-bond donors (Lipinski definition) is 0. The number of esters is 4. The molecule has 0 spiro atoms. The summed E-state index contributed by atoms with van der Waals surface area (Å²) in [6, 6.07) is 8.98. The summed E-state index contributed by atoms with van der Waals surface area (Å²) in [7, 11) is 0. The molecule has 0 aromatic heterocycles. The molecule has 0 N–H and O–H groups in total. The lowest BCUT2D eigenvalue weighted by atomic mass is 10.0. The number of fused-ring (bicyclic) bond motifs is 2. The van der Waals surface area contributed by atoms with E-state index in [2.05, 4.69) is 26.3 Å². The van der Waals surface area contributed by atoms with Crippen LogP contribution in [0.4, 0.5) is 0 Å². The summed E-state index contributed by atoms with van der Waals surface area (Å²) < 4.78 is 22.1. The maximum Gasteiger partial charge on any atom is 0.338 e. The molecule has 3 aromatic rings. The fourth-order valence-electron chi connectivity index (χ4n) is 3.18. The zero-order valence-corrected chi connectivity index (χ0v) is 21.6. The monoisotopic (exact) mass is 514 g/mol. The van der Waals surface area contributed by atoms with Gasteiger partial charge in [0.2, 0.25) is 0 Å². The van der Waals surface area contributed by atoms with Crippen molar-refractivity contribution in [3.05, 3.63) is 85.0 Å². The van der Waals surface area contributed by atoms with Gasteiger partial charge in [-0.3, -0.25) is 0 Å². The Balaban J connectivity index is 2.40. The van der Waals surface area contributed by atoms with Crippen LogP contribution < -0.4 is 18.9 Å². The van der Waals surface area contributed by atoms with Crippen molar-refractivity contribution < 1.29 is 38.1 Å². The molecule has 0 atom stereocenters. The van der Waals surface area contributed by atoms with Gasteiger partial charge < -0.3 is 18.9 Å². The Labute approximate surface area is 219 Å². The molecule has 8 heteroatoms. The van der Waals surface area contributed by atoms with E-state index in [1.807, 2.05) is 0 Å². The molecular formula is C30H26O8. The number of carbonyl (C=O) groups is 4. The average molecular weight is 515 g/mol. The lowest BCUT2D eigenvalue weighted by molar-refractivity contribution is -0.131. The van der Waals surface area contributed by atoms with Gasteiger partial charge in [0.15, 0.2) is 0 Å². The Kier molecular flexibility index (Phi) is 7.96. The standard InChI is InChI=1S/C30H26O8/c1-15(2)27(31)35-23-9-10-24(36-28(32)16(3)4)20-14-22-21(13-19(20)23)25(37-29(33)17(5)6)11-12-26(22)38-30(34)18(7)8/h9-14H,1,3,5,7H2,2,4,6,8H3. The third kappa shape index (κ3) is 5.87. The highest BCUT2D eigenvalue weighted by molar-refractivity contribution is 6.10. The van der Waals surface area contributed by atoms with Crippen molar-refractivity contribution in [2.24, 2.45) is 0 Å². The topological polar surface area (TPSA) is 105 Å². The van der Waals surface area contributed by atoms with Crippen molar-refractivity contribution in [1.29, 1.82) is 0 Å². The number of hydrogen-bond acceptors (Lipinski definition) is 8. The second-order valence-electron chi connectivity index (χ2n) is 8.75. The van der Waals surface area contributed by atoms with Gasteiger partial charge in [0.05, 0.1) is 0 Å². The van der Waals surface area contributed by atoms with Crippen molar-refractivity contribution in [1.82, 2.24) is 0 Å². The van der Waals surface area contributed by atoms with Crippen molar-refractivity contribution in [2.45, 2.75) is 27.7 Å². The maximum atomic E-state index is 12.3. The van der Waals surface area contributed by atoms with Crippen LogP contribution in [-0.4, -0.2) is 23.9 Å². The van der Waals surface area contributed by atoms with Crippen LogP contribution in [0.2, 0.25) is 0 Å². The Morgan fingerprint density at radius 1 is 0.447 bits per heavy atom. The van der Waals surface area contributed by atoms with Gasteiger partial charge in [-0.15, -0.1) is 0 Å². The highest BCUT2D eigenvalue weighted by atomic mass is 16.5. The van der Waals surface area contributed by atoms with Crippen molar-refractivity contribution in [2.75, 3.05) is 0 Å². The Bertz CT molecular complexity index is 1360. The van der Waals surface area contributed by atoms with E-state index in [0.717, 1.165) is 0 Å². The van der Waals surface area contributed by atoms with Crippen molar-refractivity contribution >= 4 is 45.4 Å². The predicted octanol–water partition coefficient (Wildman–Crippen LogP) is 5.92. The first-order valence-corrected chi connectivity index (χ1v) is 11.3. The second kappa shape index (κ2) is 11.0. The molecule has 0 saturated carbocycles. The molecule has 0 bridgehead atoms. The van der Waals surface area contributed by atoms with E-state index in [-0.39, 0.29) is 45.3 Å². The maximum absolute atomic E-state index is 12.3. The second-order valence-corrected chi connectivity index (χ2v) is 8.75. The summed E-state index contributed by atoms with van der Waals surface area (Å²) in [6.45, 7) is 20.4. The number of ether oxygens (including phenoxy) is 4. The molecule has 0 aliphatic heterocycles. The SMILES string of the molecule is C=C(C)C(=O)Oc1ccc(OC(=O)C(=C)C)c2cc3c(OC(=O)C(=C)C)ccc(OC(=O)C(=C)C)c3cc12. The van der Waals surface area contributed by atoms with Crippen LogP contribution in [0.15, 0.2) is 85.0 Å². The zero-order valence-electron chi connectivity index (χ0n) is 21.6. The lowest BCUT2D eigenvalue weighted by Gasteiger charge is -2.16. The molecule has 3 aromatic carbocycles. The summed E-state index contributed by atoms with van der Waals surface area (Å²) in [5.41, 5.74) is 0.673. The van der Waals surface area contributed by atoms with Gasteiger partial charge in [-0.2, -0.15) is 0 Å². The first-order chi connectivity index (χ1) is 17.8. The first-order valence-electron chi connectivity index (χ1n) is 11.3. The minimum absolute atomic E-state index is 0.131. The van der Waals surface area contributed by atoms with Gasteiger partial charge in [-0.25, -0.2) is 19.2 Å².